The molecule has 1 aliphatic carbocycles. The van der Waals surface area contributed by atoms with E-state index in [2.05, 4.69) is 12.1 Å². The predicted molar refractivity (Wildman–Crippen MR) is 69.9 cm³/mol. The number of nitrogens with zero attached hydrogens (tertiary/aromatic N) is 1. The van der Waals surface area contributed by atoms with E-state index < -0.39 is 0 Å². The van der Waals surface area contributed by atoms with Gasteiger partial charge in [0.2, 0.25) is 11.8 Å². The number of likely N-dealkylation sites (tertiary alicyclic amines) is 1. The van der Waals surface area contributed by atoms with Gasteiger partial charge in [-0.25, -0.2) is 0 Å². The van der Waals surface area contributed by atoms with E-state index in [1.165, 1.54) is 22.4 Å². The highest BCUT2D eigenvalue weighted by Crippen LogP contribution is 2.26. The van der Waals surface area contributed by atoms with E-state index in [1.54, 1.807) is 0 Å². The Hall–Kier alpha value is -1.84. The highest BCUT2D eigenvalue weighted by molar-refractivity contribution is 6.01. The topological polar surface area (TPSA) is 46.6 Å². The Morgan fingerprint density at radius 1 is 1.00 bits per heavy atom. The van der Waals surface area contributed by atoms with Crippen LogP contribution >= 0.6 is 0 Å². The summed E-state index contributed by atoms with van der Waals surface area (Å²) in [6.45, 7) is 0.727. The molecule has 1 aromatic rings. The summed E-state index contributed by atoms with van der Waals surface area (Å²) in [7, 11) is 0. The van der Waals surface area contributed by atoms with Crippen LogP contribution in [0, 0.1) is 0 Å². The van der Waals surface area contributed by atoms with Gasteiger partial charge in [-0.3, -0.25) is 14.5 Å². The Morgan fingerprint density at radius 3 is 2.53 bits per heavy atom. The van der Waals surface area contributed by atoms with Gasteiger partial charge >= 0.3 is 0 Å². The van der Waals surface area contributed by atoms with Crippen LogP contribution in [0.4, 0.5) is 0 Å². The molecule has 1 fully saturated rings. The van der Waals surface area contributed by atoms with Crippen molar-refractivity contribution in [2.45, 2.75) is 32.1 Å². The van der Waals surface area contributed by atoms with E-state index in [0.717, 1.165) is 18.6 Å². The fraction of sp³-hybridized carbons (Fsp3) is 0.467. The maximum Gasteiger partial charge on any atom is 0.229 e. The van der Waals surface area contributed by atoms with Crippen LogP contribution in [0.2, 0.25) is 0 Å². The average molecular weight is 259 g/mol. The summed E-state index contributed by atoms with van der Waals surface area (Å²) in [5, 5.41) is 0. The summed E-state index contributed by atoms with van der Waals surface area (Å²) < 4.78 is 5.64. The molecule has 1 aromatic carbocycles. The lowest BCUT2D eigenvalue weighted by molar-refractivity contribution is -0.138. The summed E-state index contributed by atoms with van der Waals surface area (Å²) in [6.07, 6.45) is 4.19. The molecule has 4 nitrogen and oxygen atoms in total. The fourth-order valence-corrected chi connectivity index (χ4v) is 2.77. The minimum absolute atomic E-state index is 0.0810. The van der Waals surface area contributed by atoms with Gasteiger partial charge in [0.25, 0.3) is 0 Å². The molecule has 1 saturated heterocycles. The third-order valence-corrected chi connectivity index (χ3v) is 3.81. The zero-order valence-electron chi connectivity index (χ0n) is 10.9. The van der Waals surface area contributed by atoms with Crippen LogP contribution in [0.1, 0.15) is 30.4 Å². The zero-order valence-corrected chi connectivity index (χ0v) is 10.9. The second kappa shape index (κ2) is 5.03. The molecule has 0 atom stereocenters. The average Bonchev–Trinajstić information content (AvgIpc) is 2.99. The Morgan fingerprint density at radius 2 is 1.74 bits per heavy atom. The van der Waals surface area contributed by atoms with Gasteiger partial charge in [0, 0.05) is 12.8 Å². The number of hydrogen-bond donors (Lipinski definition) is 0. The van der Waals surface area contributed by atoms with Crippen LogP contribution in [0.5, 0.6) is 5.75 Å². The van der Waals surface area contributed by atoms with E-state index in [4.69, 9.17) is 4.74 Å². The number of ether oxygens (including phenoxy) is 1. The fourth-order valence-electron chi connectivity index (χ4n) is 2.77. The molecule has 19 heavy (non-hydrogen) atoms. The number of amides is 2. The number of carbonyl (C=O) groups is 2. The third kappa shape index (κ3) is 2.48. The molecule has 100 valence electrons. The maximum absolute atomic E-state index is 11.4. The molecule has 4 heteroatoms. The molecule has 0 unspecified atom stereocenters. The van der Waals surface area contributed by atoms with Crippen LogP contribution < -0.4 is 4.74 Å². The van der Waals surface area contributed by atoms with Crippen molar-refractivity contribution in [2.24, 2.45) is 0 Å². The summed E-state index contributed by atoms with van der Waals surface area (Å²) in [5.41, 5.74) is 2.78. The molecule has 0 spiro atoms. The molecule has 0 radical (unpaired) electrons. The van der Waals surface area contributed by atoms with Crippen molar-refractivity contribution in [3.8, 4) is 5.75 Å². The van der Waals surface area contributed by atoms with E-state index in [-0.39, 0.29) is 11.8 Å². The minimum Gasteiger partial charge on any atom is -0.492 e. The lowest BCUT2D eigenvalue weighted by Gasteiger charge is -2.14. The van der Waals surface area contributed by atoms with Crippen LogP contribution in [0.3, 0.4) is 0 Å². The summed E-state index contributed by atoms with van der Waals surface area (Å²) in [4.78, 5) is 24.2. The van der Waals surface area contributed by atoms with Crippen molar-refractivity contribution in [1.82, 2.24) is 4.90 Å². The largest absolute Gasteiger partial charge is 0.492 e. The van der Waals surface area contributed by atoms with Crippen molar-refractivity contribution in [2.75, 3.05) is 13.2 Å². The van der Waals surface area contributed by atoms with Gasteiger partial charge in [-0.2, -0.15) is 0 Å². The van der Waals surface area contributed by atoms with E-state index in [1.807, 2.05) is 6.07 Å². The molecular weight excluding hydrogens is 242 g/mol. The van der Waals surface area contributed by atoms with Crippen molar-refractivity contribution >= 4 is 11.8 Å². The van der Waals surface area contributed by atoms with E-state index >= 15 is 0 Å². The summed E-state index contributed by atoms with van der Waals surface area (Å²) >= 11 is 0. The predicted octanol–water partition coefficient (Wildman–Crippen LogP) is 1.70. The van der Waals surface area contributed by atoms with Crippen LogP contribution in [0.25, 0.3) is 0 Å². The Labute approximate surface area is 112 Å². The molecule has 1 aliphatic heterocycles. The lowest BCUT2D eigenvalue weighted by atomic mass is 10.1. The Balaban J connectivity index is 1.55. The van der Waals surface area contributed by atoms with Gasteiger partial charge in [-0.1, -0.05) is 6.07 Å². The van der Waals surface area contributed by atoms with E-state index in [0.29, 0.717) is 26.0 Å². The number of rotatable bonds is 4. The SMILES string of the molecule is O=C1CCC(=O)N1CCOc1ccc2c(c1)CCC2. The number of fused-ring (bicyclic) bond motifs is 1. The molecule has 0 N–H and O–H groups in total. The Bertz CT molecular complexity index is 508. The molecule has 3 rings (SSSR count). The second-order valence-corrected chi connectivity index (χ2v) is 5.07. The maximum atomic E-state index is 11.4. The van der Waals surface area contributed by atoms with Crippen LogP contribution in [-0.2, 0) is 22.4 Å². The molecule has 1 heterocycles. The van der Waals surface area contributed by atoms with Gasteiger partial charge < -0.3 is 4.74 Å². The van der Waals surface area contributed by atoms with Crippen molar-refractivity contribution in [1.29, 1.82) is 0 Å². The third-order valence-electron chi connectivity index (χ3n) is 3.81. The number of aryl methyl sites for hydroxylation is 2. The summed E-state index contributed by atoms with van der Waals surface area (Å²) in [6, 6.07) is 6.16. The van der Waals surface area contributed by atoms with Crippen molar-refractivity contribution in [3.05, 3.63) is 29.3 Å². The first-order valence-electron chi connectivity index (χ1n) is 6.82. The van der Waals surface area contributed by atoms with Gasteiger partial charge in [0.05, 0.1) is 6.54 Å². The monoisotopic (exact) mass is 259 g/mol. The number of carbonyl (C=O) groups excluding carboxylic acids is 2. The quantitative estimate of drug-likeness (QED) is 0.773. The molecule has 2 amide bonds. The molecular formula is C15H17NO3. The first-order chi connectivity index (χ1) is 9.24. The second-order valence-electron chi connectivity index (χ2n) is 5.07. The van der Waals surface area contributed by atoms with Crippen LogP contribution in [0.15, 0.2) is 18.2 Å². The minimum atomic E-state index is -0.0810. The Kier molecular flexibility index (Phi) is 3.23. The van der Waals surface area contributed by atoms with Gasteiger partial charge in [0.15, 0.2) is 0 Å². The first kappa shape index (κ1) is 12.2. The molecule has 0 aromatic heterocycles. The molecule has 0 saturated carbocycles. The lowest BCUT2D eigenvalue weighted by Crippen LogP contribution is -2.33. The van der Waals surface area contributed by atoms with Crippen molar-refractivity contribution in [3.63, 3.8) is 0 Å². The normalized spacial score (nSPS) is 18.0. The highest BCUT2D eigenvalue weighted by atomic mass is 16.5. The van der Waals surface area contributed by atoms with Gasteiger partial charge in [-0.15, -0.1) is 0 Å². The smallest absolute Gasteiger partial charge is 0.229 e. The van der Waals surface area contributed by atoms with E-state index in [9.17, 15) is 9.59 Å². The number of imide groups is 1. The molecule has 2 aliphatic rings. The zero-order chi connectivity index (χ0) is 13.2. The first-order valence-corrected chi connectivity index (χ1v) is 6.82. The van der Waals surface area contributed by atoms with Crippen molar-refractivity contribution < 1.29 is 14.3 Å². The van der Waals surface area contributed by atoms with Gasteiger partial charge in [0.1, 0.15) is 12.4 Å². The number of benzene rings is 1. The standard InChI is InChI=1S/C15H17NO3/c17-14-6-7-15(18)16(14)8-9-19-13-5-4-11-2-1-3-12(11)10-13/h4-5,10H,1-3,6-9H2. The van der Waals surface area contributed by atoms with Crippen LogP contribution in [-0.4, -0.2) is 29.9 Å². The molecule has 0 bridgehead atoms. The highest BCUT2D eigenvalue weighted by Gasteiger charge is 2.28. The van der Waals surface area contributed by atoms with Gasteiger partial charge in [-0.05, 0) is 42.5 Å². The summed E-state index contributed by atoms with van der Waals surface area (Å²) in [5.74, 6) is 0.671. The number of hydrogen-bond acceptors (Lipinski definition) is 3.